The molecule has 3 aromatic carbocycles. The number of rotatable bonds is 8. The monoisotopic (exact) mass is 678 g/mol. The van der Waals surface area contributed by atoms with Crippen LogP contribution >= 0.6 is 45.2 Å². The fourth-order valence-electron chi connectivity index (χ4n) is 2.88. The number of carbonyl (C=O) groups excluding carboxylic acids is 2. The molecular weight excluding hydrogens is 658 g/mol. The first-order chi connectivity index (χ1) is 16.4. The van der Waals surface area contributed by atoms with E-state index < -0.39 is 11.9 Å². The highest BCUT2D eigenvalue weighted by Crippen LogP contribution is 2.25. The quantitative estimate of drug-likeness (QED) is 0.133. The van der Waals surface area contributed by atoms with E-state index in [4.69, 9.17) is 9.47 Å². The van der Waals surface area contributed by atoms with Crippen molar-refractivity contribution in [1.82, 2.24) is 0 Å². The van der Waals surface area contributed by atoms with Gasteiger partial charge in [0.05, 0.1) is 15.7 Å². The summed E-state index contributed by atoms with van der Waals surface area (Å²) in [5, 5.41) is 12.2. The van der Waals surface area contributed by atoms with E-state index in [-0.39, 0.29) is 12.2 Å². The van der Waals surface area contributed by atoms with Gasteiger partial charge in [0, 0.05) is 9.26 Å². The molecule has 6 nitrogen and oxygen atoms in total. The molecule has 0 bridgehead atoms. The Hall–Kier alpha value is -2.91. The van der Waals surface area contributed by atoms with Gasteiger partial charge in [0.25, 0.3) is 5.91 Å². The van der Waals surface area contributed by atoms with Crippen LogP contribution in [0, 0.1) is 18.5 Å². The molecule has 0 saturated carbocycles. The number of halogens is 2. The highest BCUT2D eigenvalue weighted by molar-refractivity contribution is 14.1. The maximum Gasteiger partial charge on any atom is 0.338 e. The van der Waals surface area contributed by atoms with E-state index in [1.165, 1.54) is 6.08 Å². The second kappa shape index (κ2) is 12.5. The predicted molar refractivity (Wildman–Crippen MR) is 147 cm³/mol. The van der Waals surface area contributed by atoms with Crippen molar-refractivity contribution in [2.75, 3.05) is 11.9 Å². The third-order valence-corrected chi connectivity index (χ3v) is 6.16. The topological polar surface area (TPSA) is 88.4 Å². The Morgan fingerprint density at radius 2 is 1.74 bits per heavy atom. The molecule has 0 aliphatic heterocycles. The standard InChI is InChI=1S/C26H20I2N2O4/c1-2-33-26(32)19-6-10-22(11-7-19)30-25(31)20(15-29)13-18-5-12-24(23(28)14-18)34-16-17-3-8-21(27)9-4-17/h3-14H,2,16H2,1H3,(H,30,31)/b20-13+. The molecule has 0 fully saturated rings. The Labute approximate surface area is 225 Å². The summed E-state index contributed by atoms with van der Waals surface area (Å²) >= 11 is 4.43. The number of esters is 1. The van der Waals surface area contributed by atoms with Crippen molar-refractivity contribution in [3.63, 3.8) is 0 Å². The molecule has 0 aromatic heterocycles. The van der Waals surface area contributed by atoms with Crippen molar-refractivity contribution in [1.29, 1.82) is 5.26 Å². The van der Waals surface area contributed by atoms with Crippen molar-refractivity contribution < 1.29 is 19.1 Å². The molecular formula is C26H20I2N2O4. The molecule has 0 aliphatic rings. The summed E-state index contributed by atoms with van der Waals surface area (Å²) in [6.07, 6.45) is 1.52. The highest BCUT2D eigenvalue weighted by atomic mass is 127. The summed E-state index contributed by atoms with van der Waals surface area (Å²) in [6, 6.07) is 21.8. The smallest absolute Gasteiger partial charge is 0.338 e. The van der Waals surface area contributed by atoms with Gasteiger partial charge in [-0.25, -0.2) is 4.79 Å². The second-order valence-corrected chi connectivity index (χ2v) is 9.43. The van der Waals surface area contributed by atoms with Gasteiger partial charge in [0.2, 0.25) is 0 Å². The Kier molecular flexibility index (Phi) is 9.47. The molecule has 0 radical (unpaired) electrons. The number of nitriles is 1. The van der Waals surface area contributed by atoms with Crippen molar-refractivity contribution >= 4 is 68.8 Å². The molecule has 0 spiro atoms. The Morgan fingerprint density at radius 1 is 1.03 bits per heavy atom. The van der Waals surface area contributed by atoms with Crippen molar-refractivity contribution in [3.05, 3.63) is 96.1 Å². The lowest BCUT2D eigenvalue weighted by molar-refractivity contribution is -0.112. The first-order valence-electron chi connectivity index (χ1n) is 10.3. The fourth-order valence-corrected chi connectivity index (χ4v) is 3.94. The van der Waals surface area contributed by atoms with Crippen molar-refractivity contribution in [3.8, 4) is 11.8 Å². The SMILES string of the molecule is CCOC(=O)c1ccc(NC(=O)/C(C#N)=C/c2ccc(OCc3ccc(I)cc3)c(I)c2)cc1. The molecule has 0 unspecified atom stereocenters. The minimum atomic E-state index is -0.541. The molecule has 8 heteroatoms. The number of nitrogens with zero attached hydrogens (tertiary/aromatic N) is 1. The summed E-state index contributed by atoms with van der Waals surface area (Å²) in [4.78, 5) is 24.3. The lowest BCUT2D eigenvalue weighted by atomic mass is 10.1. The Bertz CT molecular complexity index is 1250. The largest absolute Gasteiger partial charge is 0.488 e. The van der Waals surface area contributed by atoms with Gasteiger partial charge in [-0.3, -0.25) is 4.79 Å². The van der Waals surface area contributed by atoms with E-state index >= 15 is 0 Å². The second-order valence-electron chi connectivity index (χ2n) is 7.03. The van der Waals surface area contributed by atoms with E-state index in [1.54, 1.807) is 37.3 Å². The van der Waals surface area contributed by atoms with E-state index in [9.17, 15) is 14.9 Å². The molecule has 1 N–H and O–H groups in total. The average molecular weight is 678 g/mol. The van der Waals surface area contributed by atoms with Crippen LogP contribution in [-0.4, -0.2) is 18.5 Å². The number of benzene rings is 3. The minimum Gasteiger partial charge on any atom is -0.488 e. The lowest BCUT2D eigenvalue weighted by Crippen LogP contribution is -2.13. The zero-order valence-corrected chi connectivity index (χ0v) is 22.5. The van der Waals surface area contributed by atoms with Gasteiger partial charge >= 0.3 is 5.97 Å². The van der Waals surface area contributed by atoms with Crippen LogP contribution in [0.1, 0.15) is 28.4 Å². The number of carbonyl (C=O) groups is 2. The lowest BCUT2D eigenvalue weighted by Gasteiger charge is -2.09. The summed E-state index contributed by atoms with van der Waals surface area (Å²) in [6.45, 7) is 2.46. The average Bonchev–Trinajstić information content (AvgIpc) is 2.83. The summed E-state index contributed by atoms with van der Waals surface area (Å²) in [5.74, 6) is -0.250. The van der Waals surface area contributed by atoms with Gasteiger partial charge in [-0.1, -0.05) is 18.2 Å². The van der Waals surface area contributed by atoms with Crippen LogP contribution < -0.4 is 10.1 Å². The number of hydrogen-bond donors (Lipinski definition) is 1. The fraction of sp³-hybridized carbons (Fsp3) is 0.115. The maximum absolute atomic E-state index is 12.6. The molecule has 0 aliphatic carbocycles. The van der Waals surface area contributed by atoms with Crippen LogP contribution in [0.25, 0.3) is 6.08 Å². The third-order valence-electron chi connectivity index (χ3n) is 4.59. The summed E-state index contributed by atoms with van der Waals surface area (Å²) in [5.41, 5.74) is 2.58. The highest BCUT2D eigenvalue weighted by Gasteiger charge is 2.12. The third kappa shape index (κ3) is 7.30. The number of hydrogen-bond acceptors (Lipinski definition) is 5. The molecule has 3 rings (SSSR count). The van der Waals surface area contributed by atoms with Gasteiger partial charge in [0.1, 0.15) is 24.0 Å². The Balaban J connectivity index is 1.66. The molecule has 1 amide bonds. The number of anilines is 1. The van der Waals surface area contributed by atoms with E-state index in [0.29, 0.717) is 23.4 Å². The zero-order valence-electron chi connectivity index (χ0n) is 18.2. The van der Waals surface area contributed by atoms with E-state index in [2.05, 4.69) is 50.5 Å². The van der Waals surface area contributed by atoms with Gasteiger partial charge in [-0.2, -0.15) is 5.26 Å². The van der Waals surface area contributed by atoms with Gasteiger partial charge in [-0.15, -0.1) is 0 Å². The van der Waals surface area contributed by atoms with Crippen LogP contribution in [0.3, 0.4) is 0 Å². The van der Waals surface area contributed by atoms with E-state index in [0.717, 1.165) is 18.5 Å². The molecule has 0 heterocycles. The predicted octanol–water partition coefficient (Wildman–Crippen LogP) is 6.20. The minimum absolute atomic E-state index is 0.0437. The molecule has 34 heavy (non-hydrogen) atoms. The van der Waals surface area contributed by atoms with Gasteiger partial charge < -0.3 is 14.8 Å². The molecule has 0 saturated heterocycles. The van der Waals surface area contributed by atoms with Crippen LogP contribution in [0.15, 0.2) is 72.3 Å². The van der Waals surface area contributed by atoms with Crippen LogP contribution in [-0.2, 0) is 16.1 Å². The van der Waals surface area contributed by atoms with Crippen LogP contribution in [0.4, 0.5) is 5.69 Å². The zero-order chi connectivity index (χ0) is 24.5. The van der Waals surface area contributed by atoms with Crippen molar-refractivity contribution in [2.45, 2.75) is 13.5 Å². The first-order valence-corrected chi connectivity index (χ1v) is 12.4. The maximum atomic E-state index is 12.6. The molecule has 3 aromatic rings. The summed E-state index contributed by atoms with van der Waals surface area (Å²) in [7, 11) is 0. The number of amides is 1. The number of ether oxygens (including phenoxy) is 2. The van der Waals surface area contributed by atoms with E-state index in [1.807, 2.05) is 42.5 Å². The van der Waals surface area contributed by atoms with Crippen LogP contribution in [0.5, 0.6) is 5.75 Å². The van der Waals surface area contributed by atoms with Gasteiger partial charge in [-0.05, 0) is 118 Å². The van der Waals surface area contributed by atoms with Crippen LogP contribution in [0.2, 0.25) is 0 Å². The Morgan fingerprint density at radius 3 is 2.35 bits per heavy atom. The summed E-state index contributed by atoms with van der Waals surface area (Å²) < 4.78 is 12.9. The molecule has 0 atom stereocenters. The van der Waals surface area contributed by atoms with Crippen molar-refractivity contribution in [2.24, 2.45) is 0 Å². The first kappa shape index (κ1) is 25.7. The molecule has 172 valence electrons. The van der Waals surface area contributed by atoms with Gasteiger partial charge in [0.15, 0.2) is 0 Å². The number of nitrogens with one attached hydrogen (secondary N) is 1. The normalized spacial score (nSPS) is 10.8.